The Balaban J connectivity index is 1.40. The van der Waals surface area contributed by atoms with Gasteiger partial charge < -0.3 is 16.0 Å². The molecular weight excluding hydrogens is 328 g/mol. The Kier molecular flexibility index (Phi) is 4.71. The molecule has 2 fully saturated rings. The van der Waals surface area contributed by atoms with Crippen molar-refractivity contribution in [3.05, 3.63) is 42.4 Å². The molecule has 0 atom stereocenters. The van der Waals surface area contributed by atoms with Gasteiger partial charge in [-0.3, -0.25) is 9.69 Å². The molecule has 7 nitrogen and oxygen atoms in total. The second-order valence-electron chi connectivity index (χ2n) is 7.06. The standard InChI is InChI=1S/C19H24N6O/c20-19(26)17-11-18(22-13-21-17)23-15-2-1-3-16(10-15)25-8-6-24(7-9-25)12-14-4-5-14/h1-3,10-11,13-14H,4-9,12H2,(H2,20,26)(H,21,22,23). The average Bonchev–Trinajstić information content (AvgIpc) is 3.47. The first kappa shape index (κ1) is 16.8. The van der Waals surface area contributed by atoms with Gasteiger partial charge in [-0.25, -0.2) is 9.97 Å². The monoisotopic (exact) mass is 352 g/mol. The van der Waals surface area contributed by atoms with Crippen LogP contribution in [-0.4, -0.2) is 53.5 Å². The molecule has 2 aromatic rings. The van der Waals surface area contributed by atoms with Crippen LogP contribution in [0.25, 0.3) is 0 Å². The minimum atomic E-state index is -0.562. The Morgan fingerprint density at radius 1 is 1.15 bits per heavy atom. The van der Waals surface area contributed by atoms with Gasteiger partial charge in [0.1, 0.15) is 17.8 Å². The number of piperazine rings is 1. The molecule has 1 saturated carbocycles. The summed E-state index contributed by atoms with van der Waals surface area (Å²) in [6.07, 6.45) is 4.16. The fraction of sp³-hybridized carbons (Fsp3) is 0.421. The molecule has 0 spiro atoms. The molecule has 1 amide bonds. The van der Waals surface area contributed by atoms with Crippen molar-refractivity contribution in [3.63, 3.8) is 0 Å². The third-order valence-electron chi connectivity index (χ3n) is 4.99. The van der Waals surface area contributed by atoms with E-state index in [-0.39, 0.29) is 5.69 Å². The summed E-state index contributed by atoms with van der Waals surface area (Å²) in [5.74, 6) is 0.945. The lowest BCUT2D eigenvalue weighted by Crippen LogP contribution is -2.47. The number of anilines is 3. The van der Waals surface area contributed by atoms with Crippen molar-refractivity contribution in [2.24, 2.45) is 11.7 Å². The van der Waals surface area contributed by atoms with Gasteiger partial charge in [0, 0.05) is 50.2 Å². The van der Waals surface area contributed by atoms with Gasteiger partial charge in [0.25, 0.3) is 5.91 Å². The highest BCUT2D eigenvalue weighted by Crippen LogP contribution is 2.30. The smallest absolute Gasteiger partial charge is 0.267 e. The van der Waals surface area contributed by atoms with Crippen molar-refractivity contribution in [2.45, 2.75) is 12.8 Å². The van der Waals surface area contributed by atoms with E-state index in [1.807, 2.05) is 12.1 Å². The third kappa shape index (κ3) is 4.11. The van der Waals surface area contributed by atoms with Gasteiger partial charge in [-0.05, 0) is 37.0 Å². The first-order valence-corrected chi connectivity index (χ1v) is 9.13. The van der Waals surface area contributed by atoms with E-state index in [1.165, 1.54) is 31.4 Å². The lowest BCUT2D eigenvalue weighted by Gasteiger charge is -2.36. The van der Waals surface area contributed by atoms with Crippen LogP contribution in [0.2, 0.25) is 0 Å². The third-order valence-corrected chi connectivity index (χ3v) is 4.99. The van der Waals surface area contributed by atoms with E-state index in [4.69, 9.17) is 5.73 Å². The van der Waals surface area contributed by atoms with Crippen LogP contribution in [0, 0.1) is 5.92 Å². The van der Waals surface area contributed by atoms with E-state index >= 15 is 0 Å². The predicted molar refractivity (Wildman–Crippen MR) is 102 cm³/mol. The predicted octanol–water partition coefficient (Wildman–Crippen LogP) is 1.85. The molecule has 7 heteroatoms. The normalized spacial score (nSPS) is 17.9. The number of rotatable bonds is 6. The number of nitrogens with one attached hydrogen (secondary N) is 1. The Hall–Kier alpha value is -2.67. The number of nitrogens with zero attached hydrogens (tertiary/aromatic N) is 4. The number of nitrogens with two attached hydrogens (primary N) is 1. The van der Waals surface area contributed by atoms with Gasteiger partial charge in [-0.2, -0.15) is 0 Å². The highest BCUT2D eigenvalue weighted by Gasteiger charge is 2.26. The number of amides is 1. The van der Waals surface area contributed by atoms with E-state index in [9.17, 15) is 4.79 Å². The molecule has 1 saturated heterocycles. The summed E-state index contributed by atoms with van der Waals surface area (Å²) in [5.41, 5.74) is 7.60. The summed E-state index contributed by atoms with van der Waals surface area (Å²) in [7, 11) is 0. The molecule has 0 bridgehead atoms. The molecule has 4 rings (SSSR count). The summed E-state index contributed by atoms with van der Waals surface area (Å²) >= 11 is 0. The molecule has 2 aliphatic rings. The molecule has 1 aromatic carbocycles. The minimum absolute atomic E-state index is 0.199. The summed E-state index contributed by atoms with van der Waals surface area (Å²) in [5, 5.41) is 3.23. The average molecular weight is 352 g/mol. The van der Waals surface area contributed by atoms with Crippen molar-refractivity contribution in [3.8, 4) is 0 Å². The second-order valence-corrected chi connectivity index (χ2v) is 7.06. The Bertz CT molecular complexity index is 783. The molecule has 2 heterocycles. The van der Waals surface area contributed by atoms with Gasteiger partial charge in [-0.15, -0.1) is 0 Å². The summed E-state index contributed by atoms with van der Waals surface area (Å²) in [6, 6.07) is 9.83. The van der Waals surface area contributed by atoms with Crippen molar-refractivity contribution in [2.75, 3.05) is 42.9 Å². The number of carbonyl (C=O) groups is 1. The molecular formula is C19H24N6O. The van der Waals surface area contributed by atoms with Crippen LogP contribution in [0.15, 0.2) is 36.7 Å². The number of hydrogen-bond acceptors (Lipinski definition) is 6. The number of carbonyl (C=O) groups excluding carboxylic acids is 1. The molecule has 1 aliphatic carbocycles. The number of aromatic nitrogens is 2. The van der Waals surface area contributed by atoms with Crippen molar-refractivity contribution >= 4 is 23.1 Å². The maximum Gasteiger partial charge on any atom is 0.267 e. The van der Waals surface area contributed by atoms with E-state index in [1.54, 1.807) is 6.07 Å². The first-order valence-electron chi connectivity index (χ1n) is 9.13. The zero-order valence-electron chi connectivity index (χ0n) is 14.8. The first-order chi connectivity index (χ1) is 12.7. The molecule has 1 aromatic heterocycles. The fourth-order valence-corrected chi connectivity index (χ4v) is 3.34. The Morgan fingerprint density at radius 3 is 2.69 bits per heavy atom. The van der Waals surface area contributed by atoms with Crippen LogP contribution >= 0.6 is 0 Å². The molecule has 26 heavy (non-hydrogen) atoms. The largest absolute Gasteiger partial charge is 0.369 e. The van der Waals surface area contributed by atoms with Crippen LogP contribution in [0.4, 0.5) is 17.2 Å². The fourth-order valence-electron chi connectivity index (χ4n) is 3.34. The van der Waals surface area contributed by atoms with Crippen LogP contribution in [0.5, 0.6) is 0 Å². The highest BCUT2D eigenvalue weighted by atomic mass is 16.1. The van der Waals surface area contributed by atoms with Crippen molar-refractivity contribution in [1.29, 1.82) is 0 Å². The number of hydrogen-bond donors (Lipinski definition) is 2. The molecule has 3 N–H and O–H groups in total. The Morgan fingerprint density at radius 2 is 1.96 bits per heavy atom. The van der Waals surface area contributed by atoms with Crippen LogP contribution in [0.3, 0.4) is 0 Å². The molecule has 1 aliphatic heterocycles. The number of benzene rings is 1. The lowest BCUT2D eigenvalue weighted by atomic mass is 10.2. The highest BCUT2D eigenvalue weighted by molar-refractivity contribution is 5.91. The van der Waals surface area contributed by atoms with E-state index in [2.05, 4.69) is 37.2 Å². The molecule has 136 valence electrons. The van der Waals surface area contributed by atoms with Gasteiger partial charge in [0.05, 0.1) is 0 Å². The molecule has 0 radical (unpaired) electrons. The maximum absolute atomic E-state index is 11.3. The molecule has 0 unspecified atom stereocenters. The van der Waals surface area contributed by atoms with Crippen LogP contribution in [0.1, 0.15) is 23.3 Å². The van der Waals surface area contributed by atoms with Gasteiger partial charge >= 0.3 is 0 Å². The Labute approximate surface area is 153 Å². The van der Waals surface area contributed by atoms with Crippen molar-refractivity contribution < 1.29 is 4.79 Å². The SMILES string of the molecule is NC(=O)c1cc(Nc2cccc(N3CCN(CC4CC4)CC3)c2)ncn1. The minimum Gasteiger partial charge on any atom is -0.369 e. The quantitative estimate of drug-likeness (QED) is 0.825. The van der Waals surface area contributed by atoms with Crippen LogP contribution in [-0.2, 0) is 0 Å². The van der Waals surface area contributed by atoms with E-state index in [0.717, 1.165) is 37.8 Å². The number of primary amides is 1. The summed E-state index contributed by atoms with van der Waals surface area (Å²) < 4.78 is 0. The van der Waals surface area contributed by atoms with Crippen molar-refractivity contribution in [1.82, 2.24) is 14.9 Å². The summed E-state index contributed by atoms with van der Waals surface area (Å²) in [6.45, 7) is 5.63. The zero-order valence-corrected chi connectivity index (χ0v) is 14.8. The van der Waals surface area contributed by atoms with Crippen LogP contribution < -0.4 is 16.0 Å². The van der Waals surface area contributed by atoms with Gasteiger partial charge in [0.15, 0.2) is 0 Å². The topological polar surface area (TPSA) is 87.4 Å². The lowest BCUT2D eigenvalue weighted by molar-refractivity contribution is 0.0995. The second kappa shape index (κ2) is 7.29. The van der Waals surface area contributed by atoms with Gasteiger partial charge in [0.2, 0.25) is 0 Å². The zero-order chi connectivity index (χ0) is 17.9. The van der Waals surface area contributed by atoms with E-state index < -0.39 is 5.91 Å². The van der Waals surface area contributed by atoms with E-state index in [0.29, 0.717) is 5.82 Å². The summed E-state index contributed by atoms with van der Waals surface area (Å²) in [4.78, 5) is 24.3. The van der Waals surface area contributed by atoms with Gasteiger partial charge in [-0.1, -0.05) is 6.07 Å². The maximum atomic E-state index is 11.3.